The average molecular weight is 307 g/mol. The second-order valence-corrected chi connectivity index (χ2v) is 4.58. The molecule has 0 saturated heterocycles. The van der Waals surface area contributed by atoms with Gasteiger partial charge in [-0.1, -0.05) is 23.7 Å². The van der Waals surface area contributed by atoms with Crippen molar-refractivity contribution in [1.82, 2.24) is 5.43 Å². The molecule has 0 saturated carbocycles. The maximum atomic E-state index is 14.0. The van der Waals surface area contributed by atoms with Crippen molar-refractivity contribution in [3.63, 3.8) is 0 Å². The van der Waals surface area contributed by atoms with Gasteiger partial charge in [-0.3, -0.25) is 0 Å². The number of hydrazone groups is 1. The molecule has 0 radical (unpaired) electrons. The van der Waals surface area contributed by atoms with E-state index in [1.54, 1.807) is 24.3 Å². The molecule has 2 rings (SSSR count). The van der Waals surface area contributed by atoms with E-state index in [1.807, 2.05) is 0 Å². The van der Waals surface area contributed by atoms with Crippen LogP contribution in [0.5, 0.6) is 0 Å². The molecule has 0 fully saturated rings. The second kappa shape index (κ2) is 6.23. The van der Waals surface area contributed by atoms with E-state index in [0.717, 1.165) is 0 Å². The first-order valence-electron chi connectivity index (χ1n) is 5.92. The van der Waals surface area contributed by atoms with Crippen molar-refractivity contribution >= 4 is 29.0 Å². The highest BCUT2D eigenvalue weighted by Gasteiger charge is 2.15. The van der Waals surface area contributed by atoms with E-state index in [9.17, 15) is 9.18 Å². The van der Waals surface area contributed by atoms with Gasteiger partial charge in [-0.15, -0.1) is 0 Å². The lowest BCUT2D eigenvalue weighted by molar-refractivity contribution is 0.249. The molecular weight excluding hydrogens is 295 g/mol. The number of nitrogen functional groups attached to an aromatic ring is 1. The largest absolute Gasteiger partial charge is 0.398 e. The number of amides is 2. The van der Waals surface area contributed by atoms with Gasteiger partial charge in [0.2, 0.25) is 0 Å². The lowest BCUT2D eigenvalue weighted by Crippen LogP contribution is -2.26. The summed E-state index contributed by atoms with van der Waals surface area (Å²) in [7, 11) is 0. The van der Waals surface area contributed by atoms with Crippen molar-refractivity contribution < 1.29 is 9.18 Å². The standard InChI is InChI=1S/C14H12ClFN4O/c15-8-5-6-12(17)10(7-8)13(19-20-14(18)21)9-3-1-2-4-11(9)16/h1-7H,17H2,(H3,18,20,21). The normalized spacial score (nSPS) is 11.2. The van der Waals surface area contributed by atoms with Gasteiger partial charge in [0.05, 0.1) is 0 Å². The number of hydrogen-bond acceptors (Lipinski definition) is 3. The number of anilines is 1. The first kappa shape index (κ1) is 14.8. The Balaban J connectivity index is 2.62. The first-order valence-corrected chi connectivity index (χ1v) is 6.30. The average Bonchev–Trinajstić information content (AvgIpc) is 2.44. The predicted octanol–water partition coefficient (Wildman–Crippen LogP) is 2.48. The number of rotatable bonds is 3. The third kappa shape index (κ3) is 3.49. The number of urea groups is 1. The van der Waals surface area contributed by atoms with Crippen molar-refractivity contribution in [1.29, 1.82) is 0 Å². The Hall–Kier alpha value is -2.60. The number of nitrogens with two attached hydrogens (primary N) is 2. The molecule has 0 heterocycles. The van der Waals surface area contributed by atoms with E-state index >= 15 is 0 Å². The number of benzene rings is 2. The molecule has 21 heavy (non-hydrogen) atoms. The van der Waals surface area contributed by atoms with Gasteiger partial charge < -0.3 is 11.5 Å². The number of halogens is 2. The van der Waals surface area contributed by atoms with Crippen LogP contribution in [0.1, 0.15) is 11.1 Å². The molecule has 2 amide bonds. The summed E-state index contributed by atoms with van der Waals surface area (Å²) in [6.45, 7) is 0. The fraction of sp³-hybridized carbons (Fsp3) is 0. The van der Waals surface area contributed by atoms with Crippen molar-refractivity contribution in [3.05, 3.63) is 64.4 Å². The summed E-state index contributed by atoms with van der Waals surface area (Å²) in [5, 5.41) is 4.24. The Morgan fingerprint density at radius 2 is 1.90 bits per heavy atom. The minimum Gasteiger partial charge on any atom is -0.398 e. The highest BCUT2D eigenvalue weighted by Crippen LogP contribution is 2.23. The zero-order chi connectivity index (χ0) is 15.4. The topological polar surface area (TPSA) is 93.5 Å². The van der Waals surface area contributed by atoms with Crippen LogP contribution < -0.4 is 16.9 Å². The van der Waals surface area contributed by atoms with Crippen LogP contribution in [-0.4, -0.2) is 11.7 Å². The molecule has 7 heteroatoms. The van der Waals surface area contributed by atoms with Crippen molar-refractivity contribution in [2.45, 2.75) is 0 Å². The summed E-state index contributed by atoms with van der Waals surface area (Å²) in [4.78, 5) is 10.9. The van der Waals surface area contributed by atoms with E-state index in [1.165, 1.54) is 18.2 Å². The van der Waals surface area contributed by atoms with Gasteiger partial charge in [0.1, 0.15) is 11.5 Å². The van der Waals surface area contributed by atoms with E-state index < -0.39 is 11.8 Å². The molecule has 2 aromatic carbocycles. The molecule has 0 aliphatic carbocycles. The molecule has 0 atom stereocenters. The van der Waals surface area contributed by atoms with Crippen LogP contribution in [0.2, 0.25) is 5.02 Å². The SMILES string of the molecule is NC(=O)NN=C(c1cc(Cl)ccc1N)c1ccccc1F. The molecule has 5 nitrogen and oxygen atoms in total. The quantitative estimate of drug-likeness (QED) is 0.461. The van der Waals surface area contributed by atoms with E-state index in [0.29, 0.717) is 16.3 Å². The Morgan fingerprint density at radius 3 is 2.57 bits per heavy atom. The highest BCUT2D eigenvalue weighted by atomic mass is 35.5. The monoisotopic (exact) mass is 306 g/mol. The summed E-state index contributed by atoms with van der Waals surface area (Å²) in [5.74, 6) is -0.512. The Morgan fingerprint density at radius 1 is 1.19 bits per heavy atom. The summed E-state index contributed by atoms with van der Waals surface area (Å²) < 4.78 is 14.0. The van der Waals surface area contributed by atoms with Crippen LogP contribution in [0, 0.1) is 5.82 Å². The molecule has 2 aromatic rings. The number of nitrogens with zero attached hydrogens (tertiary/aromatic N) is 1. The van der Waals surface area contributed by atoms with Crippen LogP contribution in [-0.2, 0) is 0 Å². The smallest absolute Gasteiger partial charge is 0.332 e. The third-order valence-electron chi connectivity index (χ3n) is 2.68. The molecule has 5 N–H and O–H groups in total. The van der Waals surface area contributed by atoms with Gasteiger partial charge in [-0.25, -0.2) is 14.6 Å². The van der Waals surface area contributed by atoms with Gasteiger partial charge in [-0.05, 0) is 30.3 Å². The van der Waals surface area contributed by atoms with Crippen LogP contribution in [0.25, 0.3) is 0 Å². The van der Waals surface area contributed by atoms with Crippen LogP contribution in [0.3, 0.4) is 0 Å². The number of hydrogen-bond donors (Lipinski definition) is 3. The van der Waals surface area contributed by atoms with Crippen LogP contribution in [0.4, 0.5) is 14.9 Å². The van der Waals surface area contributed by atoms with Gasteiger partial charge in [-0.2, -0.15) is 5.10 Å². The molecule has 0 spiro atoms. The maximum absolute atomic E-state index is 14.0. The predicted molar refractivity (Wildman–Crippen MR) is 80.6 cm³/mol. The summed E-state index contributed by atoms with van der Waals surface area (Å²) in [6.07, 6.45) is 0. The van der Waals surface area contributed by atoms with Crippen molar-refractivity contribution in [2.24, 2.45) is 10.8 Å². The Labute approximate surface area is 125 Å². The highest BCUT2D eigenvalue weighted by molar-refractivity contribution is 6.31. The molecule has 0 bridgehead atoms. The van der Waals surface area contributed by atoms with Gasteiger partial charge in [0.25, 0.3) is 0 Å². The maximum Gasteiger partial charge on any atom is 0.332 e. The van der Waals surface area contributed by atoms with Crippen LogP contribution >= 0.6 is 11.6 Å². The number of carbonyl (C=O) groups is 1. The van der Waals surface area contributed by atoms with Gasteiger partial charge >= 0.3 is 6.03 Å². The second-order valence-electron chi connectivity index (χ2n) is 4.15. The van der Waals surface area contributed by atoms with Gasteiger partial charge in [0.15, 0.2) is 0 Å². The number of nitrogens with one attached hydrogen (secondary N) is 1. The fourth-order valence-electron chi connectivity index (χ4n) is 1.76. The minimum atomic E-state index is -0.871. The third-order valence-corrected chi connectivity index (χ3v) is 2.91. The fourth-order valence-corrected chi connectivity index (χ4v) is 1.94. The molecule has 0 aliphatic rings. The molecular formula is C14H12ClFN4O. The molecule has 0 unspecified atom stereocenters. The van der Waals surface area contributed by atoms with Crippen LogP contribution in [0.15, 0.2) is 47.6 Å². The summed E-state index contributed by atoms with van der Waals surface area (Å²) in [6, 6.07) is 9.79. The Bertz CT molecular complexity index is 718. The van der Waals surface area contributed by atoms with Crippen molar-refractivity contribution in [2.75, 3.05) is 5.73 Å². The number of primary amides is 1. The molecule has 0 aromatic heterocycles. The lowest BCUT2D eigenvalue weighted by atomic mass is 10.0. The molecule has 0 aliphatic heterocycles. The zero-order valence-electron chi connectivity index (χ0n) is 10.8. The first-order chi connectivity index (χ1) is 9.99. The van der Waals surface area contributed by atoms with E-state index in [4.69, 9.17) is 23.1 Å². The van der Waals surface area contributed by atoms with E-state index in [-0.39, 0.29) is 11.3 Å². The number of carbonyl (C=O) groups excluding carboxylic acids is 1. The lowest BCUT2D eigenvalue weighted by Gasteiger charge is -2.11. The molecule has 108 valence electrons. The van der Waals surface area contributed by atoms with Gasteiger partial charge in [0, 0.05) is 21.8 Å². The van der Waals surface area contributed by atoms with Crippen molar-refractivity contribution in [3.8, 4) is 0 Å². The minimum absolute atomic E-state index is 0.131. The van der Waals surface area contributed by atoms with E-state index in [2.05, 4.69) is 10.5 Å². The Kier molecular flexibility index (Phi) is 4.39. The summed E-state index contributed by atoms with van der Waals surface area (Å²) >= 11 is 5.93. The summed E-state index contributed by atoms with van der Waals surface area (Å²) in [5.41, 5.74) is 14.0. The zero-order valence-corrected chi connectivity index (χ0v) is 11.6.